The van der Waals surface area contributed by atoms with Crippen molar-refractivity contribution >= 4 is 25.5 Å². The number of pyridine rings is 1. The molecule has 1 rings (SSSR count). The van der Waals surface area contributed by atoms with Crippen molar-refractivity contribution in [1.29, 1.82) is 0 Å². The number of carbonyl (C=O) groups is 1. The summed E-state index contributed by atoms with van der Waals surface area (Å²) in [6, 6.07) is 3.72. The van der Waals surface area contributed by atoms with Gasteiger partial charge in [0.25, 0.3) is 0 Å². The second kappa shape index (κ2) is 6.19. The SMILES string of the molecule is Bc1cccnc1N(C=O)OCCCC. The molecule has 0 saturated carbocycles. The van der Waals surface area contributed by atoms with Gasteiger partial charge < -0.3 is 0 Å². The van der Waals surface area contributed by atoms with E-state index in [9.17, 15) is 4.79 Å². The van der Waals surface area contributed by atoms with Crippen molar-refractivity contribution in [2.75, 3.05) is 11.7 Å². The number of unbranched alkanes of at least 4 members (excludes halogenated alkanes) is 1. The Hall–Kier alpha value is -1.36. The van der Waals surface area contributed by atoms with E-state index in [4.69, 9.17) is 4.84 Å². The molecule has 80 valence electrons. The summed E-state index contributed by atoms with van der Waals surface area (Å²) in [4.78, 5) is 20.2. The fraction of sp³-hybridized carbons (Fsp3) is 0.400. The van der Waals surface area contributed by atoms with Gasteiger partial charge in [0, 0.05) is 6.20 Å². The van der Waals surface area contributed by atoms with Crippen molar-refractivity contribution in [3.8, 4) is 0 Å². The number of hydrogen-bond acceptors (Lipinski definition) is 3. The average molecular weight is 206 g/mol. The molecule has 0 N–H and O–H groups in total. The molecule has 1 aromatic rings. The Morgan fingerprint density at radius 3 is 3.07 bits per heavy atom. The third-order valence-electron chi connectivity index (χ3n) is 2.01. The van der Waals surface area contributed by atoms with Crippen LogP contribution in [0.5, 0.6) is 0 Å². The van der Waals surface area contributed by atoms with E-state index >= 15 is 0 Å². The van der Waals surface area contributed by atoms with E-state index in [1.165, 1.54) is 5.06 Å². The zero-order valence-electron chi connectivity index (χ0n) is 9.14. The van der Waals surface area contributed by atoms with Gasteiger partial charge >= 0.3 is 0 Å². The normalized spacial score (nSPS) is 9.93. The maximum absolute atomic E-state index is 10.8. The highest BCUT2D eigenvalue weighted by molar-refractivity contribution is 6.35. The van der Waals surface area contributed by atoms with Crippen LogP contribution in [0.2, 0.25) is 0 Å². The molecule has 5 heteroatoms. The lowest BCUT2D eigenvalue weighted by molar-refractivity contribution is -0.114. The molecule has 0 saturated heterocycles. The average Bonchev–Trinajstić information content (AvgIpc) is 2.26. The van der Waals surface area contributed by atoms with Gasteiger partial charge in [0.05, 0.1) is 6.61 Å². The Kier molecular flexibility index (Phi) is 4.84. The number of rotatable bonds is 6. The summed E-state index contributed by atoms with van der Waals surface area (Å²) in [5.41, 5.74) is 0.918. The molecule has 0 spiro atoms. The molecule has 0 aliphatic rings. The fourth-order valence-electron chi connectivity index (χ4n) is 1.16. The maximum Gasteiger partial charge on any atom is 0.239 e. The van der Waals surface area contributed by atoms with Crippen LogP contribution in [-0.2, 0) is 9.63 Å². The second-order valence-electron chi connectivity index (χ2n) is 3.26. The van der Waals surface area contributed by atoms with E-state index in [0.29, 0.717) is 18.8 Å². The molecule has 0 fully saturated rings. The monoisotopic (exact) mass is 206 g/mol. The highest BCUT2D eigenvalue weighted by Gasteiger charge is 2.09. The van der Waals surface area contributed by atoms with Crippen LogP contribution in [0, 0.1) is 0 Å². The van der Waals surface area contributed by atoms with Crippen LogP contribution in [0.4, 0.5) is 5.82 Å². The molecule has 0 aliphatic carbocycles. The standard InChI is InChI=1S/C10H15BN2O2/c1-2-3-7-15-13(8-14)10-9(11)5-4-6-12-10/h4-6,8H,2-3,7,11H2,1H3. The molecular weight excluding hydrogens is 191 g/mol. The maximum atomic E-state index is 10.8. The lowest BCUT2D eigenvalue weighted by Crippen LogP contribution is -2.28. The van der Waals surface area contributed by atoms with Gasteiger partial charge in [-0.05, 0) is 17.9 Å². The van der Waals surface area contributed by atoms with E-state index in [2.05, 4.69) is 11.9 Å². The van der Waals surface area contributed by atoms with Crippen LogP contribution in [0.3, 0.4) is 0 Å². The molecule has 0 aromatic carbocycles. The predicted molar refractivity (Wildman–Crippen MR) is 61.8 cm³/mol. The number of carbonyl (C=O) groups excluding carboxylic acids is 1. The predicted octanol–water partition coefficient (Wildman–Crippen LogP) is 0.0345. The first kappa shape index (κ1) is 11.7. The summed E-state index contributed by atoms with van der Waals surface area (Å²) in [6.07, 6.45) is 4.25. The topological polar surface area (TPSA) is 42.4 Å². The number of aromatic nitrogens is 1. The van der Waals surface area contributed by atoms with Gasteiger partial charge in [0.1, 0.15) is 7.85 Å². The minimum Gasteiger partial charge on any atom is -0.276 e. The fourth-order valence-corrected chi connectivity index (χ4v) is 1.16. The molecule has 0 atom stereocenters. The Balaban J connectivity index is 2.66. The summed E-state index contributed by atoms with van der Waals surface area (Å²) < 4.78 is 0. The molecule has 0 aliphatic heterocycles. The third-order valence-corrected chi connectivity index (χ3v) is 2.01. The smallest absolute Gasteiger partial charge is 0.239 e. The molecule has 1 heterocycles. The molecule has 0 radical (unpaired) electrons. The molecule has 15 heavy (non-hydrogen) atoms. The van der Waals surface area contributed by atoms with Gasteiger partial charge in [0.2, 0.25) is 6.41 Å². The highest BCUT2D eigenvalue weighted by Crippen LogP contribution is 2.04. The first-order valence-electron chi connectivity index (χ1n) is 5.08. The lowest BCUT2D eigenvalue weighted by Gasteiger charge is -2.17. The van der Waals surface area contributed by atoms with Crippen molar-refractivity contribution in [1.82, 2.24) is 4.98 Å². The van der Waals surface area contributed by atoms with Crippen LogP contribution in [0.1, 0.15) is 19.8 Å². The van der Waals surface area contributed by atoms with E-state index in [-0.39, 0.29) is 0 Å². The Morgan fingerprint density at radius 2 is 2.47 bits per heavy atom. The van der Waals surface area contributed by atoms with E-state index in [1.54, 1.807) is 6.20 Å². The van der Waals surface area contributed by atoms with E-state index in [1.807, 2.05) is 20.0 Å². The summed E-state index contributed by atoms with van der Waals surface area (Å²) in [7, 11) is 1.89. The quantitative estimate of drug-likeness (QED) is 0.285. The summed E-state index contributed by atoms with van der Waals surface area (Å²) in [5, 5.41) is 1.19. The number of hydrogen-bond donors (Lipinski definition) is 0. The lowest BCUT2D eigenvalue weighted by atomic mass is 9.97. The Bertz CT molecular complexity index is 320. The van der Waals surface area contributed by atoms with Gasteiger partial charge in [-0.3, -0.25) is 9.63 Å². The second-order valence-corrected chi connectivity index (χ2v) is 3.26. The zero-order valence-corrected chi connectivity index (χ0v) is 9.14. The summed E-state index contributed by atoms with van der Waals surface area (Å²) in [6.45, 7) is 2.60. The Morgan fingerprint density at radius 1 is 1.67 bits per heavy atom. The molecule has 0 unspecified atom stereocenters. The van der Waals surface area contributed by atoms with Gasteiger partial charge in [-0.25, -0.2) is 4.98 Å². The number of anilines is 1. The molecule has 1 aromatic heterocycles. The van der Waals surface area contributed by atoms with Crippen LogP contribution in [0.25, 0.3) is 0 Å². The third kappa shape index (κ3) is 3.36. The molecular formula is C10H15BN2O2. The first-order valence-corrected chi connectivity index (χ1v) is 5.08. The Labute approximate surface area is 90.6 Å². The van der Waals surface area contributed by atoms with Crippen LogP contribution < -0.4 is 10.5 Å². The number of amides is 1. The summed E-state index contributed by atoms with van der Waals surface area (Å²) in [5.74, 6) is 0.559. The molecule has 1 amide bonds. The van der Waals surface area contributed by atoms with Crippen molar-refractivity contribution < 1.29 is 9.63 Å². The first-order chi connectivity index (χ1) is 7.29. The largest absolute Gasteiger partial charge is 0.276 e. The number of nitrogens with zero attached hydrogens (tertiary/aromatic N) is 2. The van der Waals surface area contributed by atoms with Crippen molar-refractivity contribution in [2.24, 2.45) is 0 Å². The van der Waals surface area contributed by atoms with Gasteiger partial charge in [-0.1, -0.05) is 19.4 Å². The zero-order chi connectivity index (χ0) is 11.1. The molecule has 0 bridgehead atoms. The molecule has 4 nitrogen and oxygen atoms in total. The van der Waals surface area contributed by atoms with Gasteiger partial charge in [-0.15, -0.1) is 0 Å². The minimum absolute atomic E-state index is 0.533. The van der Waals surface area contributed by atoms with Crippen LogP contribution in [0.15, 0.2) is 18.3 Å². The minimum atomic E-state index is 0.533. The van der Waals surface area contributed by atoms with Crippen molar-refractivity contribution in [3.63, 3.8) is 0 Å². The highest BCUT2D eigenvalue weighted by atomic mass is 16.7. The van der Waals surface area contributed by atoms with E-state index < -0.39 is 0 Å². The summed E-state index contributed by atoms with van der Waals surface area (Å²) >= 11 is 0. The van der Waals surface area contributed by atoms with Crippen LogP contribution in [-0.4, -0.2) is 25.8 Å². The van der Waals surface area contributed by atoms with Crippen LogP contribution >= 0.6 is 0 Å². The van der Waals surface area contributed by atoms with E-state index in [0.717, 1.165) is 18.3 Å². The van der Waals surface area contributed by atoms with Gasteiger partial charge in [0.15, 0.2) is 5.82 Å². The van der Waals surface area contributed by atoms with Gasteiger partial charge in [-0.2, -0.15) is 5.06 Å². The van der Waals surface area contributed by atoms with Crippen molar-refractivity contribution in [3.05, 3.63) is 18.3 Å². The van der Waals surface area contributed by atoms with Crippen molar-refractivity contribution in [2.45, 2.75) is 19.8 Å². The number of hydroxylamine groups is 1.